The van der Waals surface area contributed by atoms with Crippen molar-refractivity contribution < 1.29 is 0 Å². The van der Waals surface area contributed by atoms with Gasteiger partial charge in [0.1, 0.15) is 0 Å². The van der Waals surface area contributed by atoms with Crippen LogP contribution in [0.3, 0.4) is 0 Å². The van der Waals surface area contributed by atoms with Gasteiger partial charge in [-0.25, -0.2) is 0 Å². The van der Waals surface area contributed by atoms with Gasteiger partial charge >= 0.3 is 0 Å². The predicted octanol–water partition coefficient (Wildman–Crippen LogP) is 4.06. The molecule has 90 valence electrons. The minimum absolute atomic E-state index is 0.276. The molecular formula is C14H23NS. The normalized spacial score (nSPS) is 17.5. The summed E-state index contributed by atoms with van der Waals surface area (Å²) in [5, 5.41) is 0. The van der Waals surface area contributed by atoms with Crippen LogP contribution in [0.15, 0.2) is 6.07 Å². The van der Waals surface area contributed by atoms with Crippen molar-refractivity contribution in [2.75, 3.05) is 0 Å². The standard InChI is InChI=1S/C14H23NS/c1-10(2)7-8-12(15)14-9-11-5-3-4-6-13(11)16-14/h9-10,12H,3-8,15H2,1-2H3. The average molecular weight is 237 g/mol. The van der Waals surface area contributed by atoms with Crippen LogP contribution in [0.25, 0.3) is 0 Å². The van der Waals surface area contributed by atoms with E-state index in [9.17, 15) is 0 Å². The van der Waals surface area contributed by atoms with Crippen molar-refractivity contribution in [3.8, 4) is 0 Å². The van der Waals surface area contributed by atoms with E-state index in [1.165, 1.54) is 37.0 Å². The molecule has 0 fully saturated rings. The average Bonchev–Trinajstić information content (AvgIpc) is 2.69. The van der Waals surface area contributed by atoms with Crippen LogP contribution >= 0.6 is 11.3 Å². The number of aryl methyl sites for hydroxylation is 2. The number of hydrogen-bond donors (Lipinski definition) is 1. The van der Waals surface area contributed by atoms with Crippen LogP contribution in [0.2, 0.25) is 0 Å². The smallest absolute Gasteiger partial charge is 0.0390 e. The first kappa shape index (κ1) is 12.1. The molecular weight excluding hydrogens is 214 g/mol. The highest BCUT2D eigenvalue weighted by molar-refractivity contribution is 7.12. The Kier molecular flexibility index (Phi) is 4.04. The van der Waals surface area contributed by atoms with Crippen LogP contribution in [0.5, 0.6) is 0 Å². The lowest BCUT2D eigenvalue weighted by Gasteiger charge is -2.10. The highest BCUT2D eigenvalue weighted by atomic mass is 32.1. The SMILES string of the molecule is CC(C)CCC(N)c1cc2c(s1)CCCC2. The molecule has 1 aliphatic carbocycles. The second-order valence-corrected chi connectivity index (χ2v) is 6.55. The van der Waals surface area contributed by atoms with Gasteiger partial charge in [0, 0.05) is 15.8 Å². The Morgan fingerprint density at radius 2 is 2.00 bits per heavy atom. The minimum atomic E-state index is 0.276. The Hall–Kier alpha value is -0.340. The van der Waals surface area contributed by atoms with Gasteiger partial charge in [0.15, 0.2) is 0 Å². The Morgan fingerprint density at radius 3 is 2.69 bits per heavy atom. The molecule has 1 nitrogen and oxygen atoms in total. The molecule has 0 bridgehead atoms. The van der Waals surface area contributed by atoms with Gasteiger partial charge in [-0.3, -0.25) is 0 Å². The van der Waals surface area contributed by atoms with E-state index in [-0.39, 0.29) is 6.04 Å². The molecule has 2 rings (SSSR count). The summed E-state index contributed by atoms with van der Waals surface area (Å²) in [5.74, 6) is 0.764. The van der Waals surface area contributed by atoms with Crippen molar-refractivity contribution in [2.24, 2.45) is 11.7 Å². The first-order chi connectivity index (χ1) is 7.66. The summed E-state index contributed by atoms with van der Waals surface area (Å²) in [7, 11) is 0. The first-order valence-corrected chi connectivity index (χ1v) is 7.35. The van der Waals surface area contributed by atoms with Gasteiger partial charge in [-0.1, -0.05) is 13.8 Å². The summed E-state index contributed by atoms with van der Waals surface area (Å²) in [6, 6.07) is 2.66. The zero-order valence-corrected chi connectivity index (χ0v) is 11.3. The fourth-order valence-corrected chi connectivity index (χ4v) is 3.64. The van der Waals surface area contributed by atoms with Gasteiger partial charge in [-0.15, -0.1) is 11.3 Å². The lowest BCUT2D eigenvalue weighted by molar-refractivity contribution is 0.510. The number of hydrogen-bond acceptors (Lipinski definition) is 2. The van der Waals surface area contributed by atoms with E-state index in [1.807, 2.05) is 11.3 Å². The molecule has 1 aliphatic rings. The molecule has 1 atom stereocenters. The Bertz CT molecular complexity index is 317. The molecule has 1 aromatic heterocycles. The summed E-state index contributed by atoms with van der Waals surface area (Å²) < 4.78 is 0. The molecule has 0 saturated carbocycles. The molecule has 16 heavy (non-hydrogen) atoms. The topological polar surface area (TPSA) is 26.0 Å². The molecule has 0 radical (unpaired) electrons. The monoisotopic (exact) mass is 237 g/mol. The lowest BCUT2D eigenvalue weighted by atomic mass is 9.98. The van der Waals surface area contributed by atoms with Crippen LogP contribution in [0.4, 0.5) is 0 Å². The molecule has 0 spiro atoms. The molecule has 0 amide bonds. The zero-order valence-electron chi connectivity index (χ0n) is 10.5. The van der Waals surface area contributed by atoms with Crippen molar-refractivity contribution in [2.45, 2.75) is 58.4 Å². The van der Waals surface area contributed by atoms with Gasteiger partial charge in [0.2, 0.25) is 0 Å². The lowest BCUT2D eigenvalue weighted by Crippen LogP contribution is -2.09. The van der Waals surface area contributed by atoms with Crippen LogP contribution < -0.4 is 5.73 Å². The van der Waals surface area contributed by atoms with Gasteiger partial charge in [0.25, 0.3) is 0 Å². The maximum Gasteiger partial charge on any atom is 0.0390 e. The number of thiophene rings is 1. The summed E-state index contributed by atoms with van der Waals surface area (Å²) in [5.41, 5.74) is 7.85. The van der Waals surface area contributed by atoms with Crippen molar-refractivity contribution in [3.05, 3.63) is 21.4 Å². The van der Waals surface area contributed by atoms with Gasteiger partial charge in [-0.05, 0) is 56.1 Å². The maximum absolute atomic E-state index is 6.27. The summed E-state index contributed by atoms with van der Waals surface area (Å²) in [6.45, 7) is 4.54. The molecule has 0 saturated heterocycles. The minimum Gasteiger partial charge on any atom is -0.323 e. The largest absolute Gasteiger partial charge is 0.323 e. The molecule has 0 aromatic carbocycles. The van der Waals surface area contributed by atoms with Gasteiger partial charge < -0.3 is 5.73 Å². The third-order valence-corrected chi connectivity index (χ3v) is 4.81. The van der Waals surface area contributed by atoms with E-state index in [0.29, 0.717) is 0 Å². The third kappa shape index (κ3) is 2.86. The molecule has 1 aromatic rings. The molecule has 1 unspecified atom stereocenters. The highest BCUT2D eigenvalue weighted by Crippen LogP contribution is 2.33. The van der Waals surface area contributed by atoms with Gasteiger partial charge in [0.05, 0.1) is 0 Å². The fourth-order valence-electron chi connectivity index (χ4n) is 2.35. The summed E-state index contributed by atoms with van der Waals surface area (Å²) in [6.07, 6.45) is 7.68. The molecule has 1 heterocycles. The van der Waals surface area contributed by atoms with E-state index < -0.39 is 0 Å². The Labute approximate surface area is 103 Å². The number of rotatable bonds is 4. The van der Waals surface area contributed by atoms with Crippen molar-refractivity contribution in [1.82, 2.24) is 0 Å². The first-order valence-electron chi connectivity index (χ1n) is 6.54. The predicted molar refractivity (Wildman–Crippen MR) is 72.0 cm³/mol. The van der Waals surface area contributed by atoms with E-state index in [0.717, 1.165) is 12.3 Å². The van der Waals surface area contributed by atoms with E-state index in [1.54, 1.807) is 10.4 Å². The van der Waals surface area contributed by atoms with Crippen LogP contribution in [-0.4, -0.2) is 0 Å². The molecule has 0 aliphatic heterocycles. The number of nitrogens with two attached hydrogens (primary N) is 1. The number of fused-ring (bicyclic) bond motifs is 1. The van der Waals surface area contributed by atoms with E-state index in [2.05, 4.69) is 19.9 Å². The fraction of sp³-hybridized carbons (Fsp3) is 0.714. The molecule has 2 N–H and O–H groups in total. The Balaban J connectivity index is 2.00. The second kappa shape index (κ2) is 5.33. The van der Waals surface area contributed by atoms with Gasteiger partial charge in [-0.2, -0.15) is 0 Å². The highest BCUT2D eigenvalue weighted by Gasteiger charge is 2.16. The quantitative estimate of drug-likeness (QED) is 0.839. The zero-order chi connectivity index (χ0) is 11.5. The van der Waals surface area contributed by atoms with Crippen molar-refractivity contribution in [1.29, 1.82) is 0 Å². The van der Waals surface area contributed by atoms with Crippen LogP contribution in [0, 0.1) is 5.92 Å². The van der Waals surface area contributed by atoms with E-state index >= 15 is 0 Å². The third-order valence-electron chi connectivity index (χ3n) is 3.44. The van der Waals surface area contributed by atoms with E-state index in [4.69, 9.17) is 5.73 Å². The van der Waals surface area contributed by atoms with Crippen LogP contribution in [0.1, 0.15) is 60.9 Å². The van der Waals surface area contributed by atoms with Crippen LogP contribution in [-0.2, 0) is 12.8 Å². The Morgan fingerprint density at radius 1 is 1.25 bits per heavy atom. The summed E-state index contributed by atoms with van der Waals surface area (Å²) in [4.78, 5) is 3.04. The van der Waals surface area contributed by atoms with Crippen molar-refractivity contribution in [3.63, 3.8) is 0 Å². The van der Waals surface area contributed by atoms with Crippen molar-refractivity contribution >= 4 is 11.3 Å². The maximum atomic E-state index is 6.27. The molecule has 2 heteroatoms. The second-order valence-electron chi connectivity index (χ2n) is 5.38. The summed E-state index contributed by atoms with van der Waals surface area (Å²) >= 11 is 1.97.